The second-order valence-corrected chi connectivity index (χ2v) is 8.97. The van der Waals surface area contributed by atoms with Crippen LogP contribution in [-0.4, -0.2) is 20.4 Å². The first kappa shape index (κ1) is 23.1. The number of nitrogens with zero attached hydrogens (tertiary/aromatic N) is 4. The molecule has 0 spiro atoms. The molecule has 6 nitrogen and oxygen atoms in total. The highest BCUT2D eigenvalue weighted by Gasteiger charge is 2.23. The molecule has 2 aromatic heterocycles. The third-order valence-corrected chi connectivity index (χ3v) is 6.62. The highest BCUT2D eigenvalue weighted by atomic mass is 16.1. The van der Waals surface area contributed by atoms with E-state index in [-0.39, 0.29) is 5.91 Å². The molecule has 38 heavy (non-hydrogen) atoms. The number of benzene rings is 4. The van der Waals surface area contributed by atoms with Gasteiger partial charge in [0.2, 0.25) is 0 Å². The van der Waals surface area contributed by atoms with Crippen molar-refractivity contribution in [3.63, 3.8) is 0 Å². The summed E-state index contributed by atoms with van der Waals surface area (Å²) in [6.07, 6.45) is 0.702. The molecule has 0 aliphatic heterocycles. The minimum atomic E-state index is -0.297. The Morgan fingerprint density at radius 2 is 1.42 bits per heavy atom. The van der Waals surface area contributed by atoms with Gasteiger partial charge in [-0.2, -0.15) is 5.26 Å². The van der Waals surface area contributed by atoms with Gasteiger partial charge in [-0.3, -0.25) is 4.79 Å². The zero-order valence-corrected chi connectivity index (χ0v) is 20.5. The van der Waals surface area contributed by atoms with Crippen LogP contribution in [0.1, 0.15) is 21.5 Å². The van der Waals surface area contributed by atoms with Crippen LogP contribution < -0.4 is 5.32 Å². The molecule has 4 aromatic carbocycles. The standard InChI is InChI=1S/C32H23N5O/c33-21-26-29-31(35-28-18-10-9-17-27(28)34-29)37(20-19-22-11-3-1-4-12-22)30(26)36-32(38)25-16-8-7-15-24(25)23-13-5-2-6-14-23/h1-18H,19-20H2,(H,36,38). The number of rotatable bonds is 6. The molecular weight excluding hydrogens is 470 g/mol. The fourth-order valence-corrected chi connectivity index (χ4v) is 4.76. The summed E-state index contributed by atoms with van der Waals surface area (Å²) in [5.74, 6) is 0.107. The average molecular weight is 494 g/mol. The molecule has 0 saturated carbocycles. The predicted octanol–water partition coefficient (Wildman–Crippen LogP) is 6.62. The maximum absolute atomic E-state index is 13.7. The maximum Gasteiger partial charge on any atom is 0.257 e. The Labute approximate surface area is 219 Å². The summed E-state index contributed by atoms with van der Waals surface area (Å²) in [7, 11) is 0. The first-order valence-corrected chi connectivity index (χ1v) is 12.4. The van der Waals surface area contributed by atoms with Crippen molar-refractivity contribution in [2.24, 2.45) is 0 Å². The summed E-state index contributed by atoms with van der Waals surface area (Å²) < 4.78 is 1.91. The second-order valence-electron chi connectivity index (χ2n) is 8.97. The SMILES string of the molecule is N#Cc1c(NC(=O)c2ccccc2-c2ccccc2)n(CCc2ccccc2)c2nc3ccccc3nc12. The molecule has 0 bridgehead atoms. The highest BCUT2D eigenvalue weighted by Crippen LogP contribution is 2.31. The third-order valence-electron chi connectivity index (χ3n) is 6.62. The van der Waals surface area contributed by atoms with Gasteiger partial charge in [0, 0.05) is 12.1 Å². The molecular formula is C32H23N5O. The van der Waals surface area contributed by atoms with Gasteiger partial charge in [0.05, 0.1) is 11.0 Å². The first-order valence-electron chi connectivity index (χ1n) is 12.4. The molecule has 2 heterocycles. The summed E-state index contributed by atoms with van der Waals surface area (Å²) in [4.78, 5) is 23.4. The van der Waals surface area contributed by atoms with E-state index in [0.717, 1.165) is 22.2 Å². The molecule has 6 heteroatoms. The highest BCUT2D eigenvalue weighted by molar-refractivity contribution is 6.10. The Kier molecular flexibility index (Phi) is 6.09. The van der Waals surface area contributed by atoms with Crippen LogP contribution in [0.4, 0.5) is 5.82 Å². The van der Waals surface area contributed by atoms with Crippen LogP contribution in [0.25, 0.3) is 33.3 Å². The number of fused-ring (bicyclic) bond motifs is 2. The number of para-hydroxylation sites is 2. The van der Waals surface area contributed by atoms with E-state index in [2.05, 4.69) is 23.5 Å². The van der Waals surface area contributed by atoms with E-state index < -0.39 is 0 Å². The first-order chi connectivity index (χ1) is 18.7. The van der Waals surface area contributed by atoms with Crippen LogP contribution in [0, 0.1) is 11.3 Å². The molecule has 1 amide bonds. The Balaban J connectivity index is 1.48. The summed E-state index contributed by atoms with van der Waals surface area (Å²) in [6, 6.07) is 37.2. The molecule has 0 unspecified atom stereocenters. The van der Waals surface area contributed by atoms with E-state index >= 15 is 0 Å². The van der Waals surface area contributed by atoms with Crippen LogP contribution >= 0.6 is 0 Å². The fraction of sp³-hybridized carbons (Fsp3) is 0.0625. The Morgan fingerprint density at radius 3 is 2.16 bits per heavy atom. The summed E-state index contributed by atoms with van der Waals surface area (Å²) in [6.45, 7) is 0.519. The van der Waals surface area contributed by atoms with Gasteiger partial charge in [0.25, 0.3) is 5.91 Å². The normalized spacial score (nSPS) is 10.9. The third kappa shape index (κ3) is 4.27. The van der Waals surface area contributed by atoms with E-state index in [1.165, 1.54) is 0 Å². The molecule has 0 aliphatic rings. The van der Waals surface area contributed by atoms with Gasteiger partial charge in [-0.05, 0) is 41.3 Å². The van der Waals surface area contributed by atoms with Crippen molar-refractivity contribution >= 4 is 33.9 Å². The van der Waals surface area contributed by atoms with Crippen molar-refractivity contribution < 1.29 is 4.79 Å². The van der Waals surface area contributed by atoms with Crippen LogP contribution in [0.2, 0.25) is 0 Å². The minimum Gasteiger partial charge on any atom is -0.309 e. The fourth-order valence-electron chi connectivity index (χ4n) is 4.76. The van der Waals surface area contributed by atoms with Crippen LogP contribution in [0.15, 0.2) is 109 Å². The molecule has 0 atom stereocenters. The summed E-state index contributed by atoms with van der Waals surface area (Å²) in [5, 5.41) is 13.3. The maximum atomic E-state index is 13.7. The zero-order chi connectivity index (χ0) is 25.9. The Hall–Kier alpha value is -5.28. The van der Waals surface area contributed by atoms with Gasteiger partial charge in [0.1, 0.15) is 23.0 Å². The minimum absolute atomic E-state index is 0.297. The van der Waals surface area contributed by atoms with Crippen molar-refractivity contribution in [3.8, 4) is 17.2 Å². The largest absolute Gasteiger partial charge is 0.309 e. The smallest absolute Gasteiger partial charge is 0.257 e. The van der Waals surface area contributed by atoms with E-state index in [4.69, 9.17) is 9.97 Å². The lowest BCUT2D eigenvalue weighted by Gasteiger charge is -2.14. The van der Waals surface area contributed by atoms with Crippen molar-refractivity contribution in [2.75, 3.05) is 5.32 Å². The Morgan fingerprint density at radius 1 is 0.789 bits per heavy atom. The van der Waals surface area contributed by atoms with Gasteiger partial charge < -0.3 is 9.88 Å². The average Bonchev–Trinajstić information content (AvgIpc) is 3.26. The number of carbonyl (C=O) groups excluding carboxylic acids is 1. The predicted molar refractivity (Wildman–Crippen MR) is 150 cm³/mol. The van der Waals surface area contributed by atoms with Gasteiger partial charge in [-0.25, -0.2) is 9.97 Å². The lowest BCUT2D eigenvalue weighted by atomic mass is 9.99. The number of aromatic nitrogens is 3. The van der Waals surface area contributed by atoms with Gasteiger partial charge in [-0.15, -0.1) is 0 Å². The van der Waals surface area contributed by atoms with E-state index in [1.807, 2.05) is 95.6 Å². The number of hydrogen-bond acceptors (Lipinski definition) is 4. The Bertz CT molecular complexity index is 1820. The zero-order valence-electron chi connectivity index (χ0n) is 20.5. The second kappa shape index (κ2) is 10.00. The van der Waals surface area contributed by atoms with Crippen LogP contribution in [0.3, 0.4) is 0 Å². The van der Waals surface area contributed by atoms with Crippen LogP contribution in [0.5, 0.6) is 0 Å². The van der Waals surface area contributed by atoms with E-state index in [9.17, 15) is 10.1 Å². The molecule has 6 aromatic rings. The number of hydrogen-bond donors (Lipinski definition) is 1. The molecule has 182 valence electrons. The van der Waals surface area contributed by atoms with Crippen molar-refractivity contribution in [1.82, 2.24) is 14.5 Å². The van der Waals surface area contributed by atoms with E-state index in [1.54, 1.807) is 6.07 Å². The lowest BCUT2D eigenvalue weighted by molar-refractivity contribution is 0.102. The molecule has 0 saturated heterocycles. The number of amides is 1. The lowest BCUT2D eigenvalue weighted by Crippen LogP contribution is -2.17. The number of carbonyl (C=O) groups is 1. The molecule has 0 aliphatic carbocycles. The monoisotopic (exact) mass is 493 g/mol. The number of nitrogens with one attached hydrogen (secondary N) is 1. The van der Waals surface area contributed by atoms with Gasteiger partial charge in [-0.1, -0.05) is 91.0 Å². The van der Waals surface area contributed by atoms with E-state index in [0.29, 0.717) is 46.6 Å². The summed E-state index contributed by atoms with van der Waals surface area (Å²) >= 11 is 0. The van der Waals surface area contributed by atoms with Crippen LogP contribution in [-0.2, 0) is 13.0 Å². The van der Waals surface area contributed by atoms with Crippen molar-refractivity contribution in [1.29, 1.82) is 5.26 Å². The van der Waals surface area contributed by atoms with Crippen molar-refractivity contribution in [3.05, 3.63) is 126 Å². The quantitative estimate of drug-likeness (QED) is 0.283. The molecule has 1 N–H and O–H groups in total. The van der Waals surface area contributed by atoms with Gasteiger partial charge in [0.15, 0.2) is 5.65 Å². The van der Waals surface area contributed by atoms with Gasteiger partial charge >= 0.3 is 0 Å². The molecule has 0 fully saturated rings. The van der Waals surface area contributed by atoms with Crippen molar-refractivity contribution in [2.45, 2.75) is 13.0 Å². The number of aryl methyl sites for hydroxylation is 2. The summed E-state index contributed by atoms with van der Waals surface area (Å²) in [5.41, 5.74) is 6.21. The number of nitriles is 1. The topological polar surface area (TPSA) is 83.6 Å². The number of anilines is 1. The molecule has 6 rings (SSSR count). The molecule has 0 radical (unpaired) electrons.